The minimum atomic E-state index is -4.48. The number of aromatic nitrogens is 3. The zero-order chi connectivity index (χ0) is 20.0. The smallest absolute Gasteiger partial charge is 0.396 e. The molecular weight excluding hydrogens is 399 g/mol. The van der Waals surface area contributed by atoms with Gasteiger partial charge in [0.05, 0.1) is 23.6 Å². The SMILES string of the molecule is Cc1nc2sc(C(C)(C)O)nn2c1-c1ccc(C(F)(F)F)c(SCCO)c1. The van der Waals surface area contributed by atoms with Crippen molar-refractivity contribution in [2.24, 2.45) is 0 Å². The highest BCUT2D eigenvalue weighted by atomic mass is 32.2. The summed E-state index contributed by atoms with van der Waals surface area (Å²) in [5.41, 5.74) is -0.122. The number of aliphatic hydroxyl groups is 2. The Morgan fingerprint density at radius 3 is 2.56 bits per heavy atom. The third-order valence-corrected chi connectivity index (χ3v) is 6.07. The van der Waals surface area contributed by atoms with E-state index in [0.29, 0.717) is 26.9 Å². The fourth-order valence-electron chi connectivity index (χ4n) is 2.61. The van der Waals surface area contributed by atoms with Gasteiger partial charge in [0.15, 0.2) is 0 Å². The summed E-state index contributed by atoms with van der Waals surface area (Å²) in [6, 6.07) is 3.88. The molecule has 0 spiro atoms. The van der Waals surface area contributed by atoms with Gasteiger partial charge in [-0.2, -0.15) is 18.3 Å². The van der Waals surface area contributed by atoms with Crippen LogP contribution in [0.1, 0.15) is 30.1 Å². The molecule has 0 aliphatic heterocycles. The van der Waals surface area contributed by atoms with Gasteiger partial charge in [0.1, 0.15) is 10.6 Å². The zero-order valence-electron chi connectivity index (χ0n) is 14.8. The molecule has 0 fully saturated rings. The number of halogens is 3. The van der Waals surface area contributed by atoms with Crippen LogP contribution < -0.4 is 0 Å². The highest BCUT2D eigenvalue weighted by Gasteiger charge is 2.34. The second kappa shape index (κ2) is 7.08. The Morgan fingerprint density at radius 2 is 1.96 bits per heavy atom. The van der Waals surface area contributed by atoms with Gasteiger partial charge < -0.3 is 10.2 Å². The lowest BCUT2D eigenvalue weighted by molar-refractivity contribution is -0.139. The summed E-state index contributed by atoms with van der Waals surface area (Å²) in [6.07, 6.45) is -4.48. The molecule has 0 saturated heterocycles. The fraction of sp³-hybridized carbons (Fsp3) is 0.412. The lowest BCUT2D eigenvalue weighted by Gasteiger charge is -2.14. The van der Waals surface area contributed by atoms with E-state index < -0.39 is 17.3 Å². The maximum absolute atomic E-state index is 13.3. The molecule has 0 atom stereocenters. The number of aliphatic hydroxyl groups excluding tert-OH is 1. The average molecular weight is 417 g/mol. The average Bonchev–Trinajstić information content (AvgIpc) is 3.08. The Morgan fingerprint density at radius 1 is 1.26 bits per heavy atom. The maximum Gasteiger partial charge on any atom is 0.417 e. The van der Waals surface area contributed by atoms with Crippen molar-refractivity contribution in [2.45, 2.75) is 37.4 Å². The number of hydrogen-bond acceptors (Lipinski definition) is 6. The van der Waals surface area contributed by atoms with Crippen LogP contribution in [0.2, 0.25) is 0 Å². The summed E-state index contributed by atoms with van der Waals surface area (Å²) in [7, 11) is 0. The number of hydrogen-bond donors (Lipinski definition) is 2. The van der Waals surface area contributed by atoms with Gasteiger partial charge in [-0.05, 0) is 32.9 Å². The van der Waals surface area contributed by atoms with E-state index in [1.54, 1.807) is 25.3 Å². The van der Waals surface area contributed by atoms with E-state index in [2.05, 4.69) is 10.1 Å². The summed E-state index contributed by atoms with van der Waals surface area (Å²) in [5, 5.41) is 24.0. The lowest BCUT2D eigenvalue weighted by atomic mass is 10.1. The molecule has 2 N–H and O–H groups in total. The van der Waals surface area contributed by atoms with Crippen LogP contribution in [-0.4, -0.2) is 37.2 Å². The third kappa shape index (κ3) is 3.98. The second-order valence-corrected chi connectivity index (χ2v) is 8.58. The maximum atomic E-state index is 13.3. The molecule has 10 heteroatoms. The van der Waals surface area contributed by atoms with Crippen LogP contribution in [0, 0.1) is 6.92 Å². The number of nitrogens with zero attached hydrogens (tertiary/aromatic N) is 3. The van der Waals surface area contributed by atoms with Crippen molar-refractivity contribution in [3.8, 4) is 11.3 Å². The van der Waals surface area contributed by atoms with Crippen LogP contribution >= 0.6 is 23.1 Å². The first-order chi connectivity index (χ1) is 12.5. The predicted molar refractivity (Wildman–Crippen MR) is 99.1 cm³/mol. The number of benzene rings is 1. The molecular formula is C17H18F3N3O2S2. The molecule has 0 aliphatic rings. The summed E-state index contributed by atoms with van der Waals surface area (Å²) in [4.78, 5) is 5.03. The van der Waals surface area contributed by atoms with Crippen LogP contribution in [0.5, 0.6) is 0 Å². The van der Waals surface area contributed by atoms with Gasteiger partial charge in [-0.3, -0.25) is 0 Å². The second-order valence-electron chi connectivity index (χ2n) is 6.49. The van der Waals surface area contributed by atoms with Gasteiger partial charge in [0, 0.05) is 16.2 Å². The van der Waals surface area contributed by atoms with E-state index in [-0.39, 0.29) is 17.3 Å². The van der Waals surface area contributed by atoms with Gasteiger partial charge >= 0.3 is 6.18 Å². The van der Waals surface area contributed by atoms with Gasteiger partial charge in [-0.1, -0.05) is 17.4 Å². The molecule has 27 heavy (non-hydrogen) atoms. The van der Waals surface area contributed by atoms with Crippen molar-refractivity contribution in [1.29, 1.82) is 0 Å². The first kappa shape index (κ1) is 20.1. The number of alkyl halides is 3. The van der Waals surface area contributed by atoms with E-state index >= 15 is 0 Å². The largest absolute Gasteiger partial charge is 0.417 e. The molecule has 0 saturated carbocycles. The molecule has 0 radical (unpaired) electrons. The van der Waals surface area contributed by atoms with Gasteiger partial charge in [0.2, 0.25) is 4.96 Å². The van der Waals surface area contributed by atoms with E-state index in [1.807, 2.05) is 0 Å². The van der Waals surface area contributed by atoms with Gasteiger partial charge in [-0.15, -0.1) is 11.8 Å². The Bertz CT molecular complexity index is 974. The van der Waals surface area contributed by atoms with Crippen molar-refractivity contribution in [3.05, 3.63) is 34.5 Å². The molecule has 3 aromatic rings. The van der Waals surface area contributed by atoms with Crippen LogP contribution in [0.15, 0.2) is 23.1 Å². The van der Waals surface area contributed by atoms with Crippen LogP contribution in [0.25, 0.3) is 16.2 Å². The van der Waals surface area contributed by atoms with Crippen molar-refractivity contribution in [3.63, 3.8) is 0 Å². The summed E-state index contributed by atoms with van der Waals surface area (Å²) < 4.78 is 41.4. The van der Waals surface area contributed by atoms with Crippen LogP contribution in [0.4, 0.5) is 13.2 Å². The summed E-state index contributed by atoms with van der Waals surface area (Å²) in [6.45, 7) is 4.76. The molecule has 0 unspecified atom stereocenters. The monoisotopic (exact) mass is 417 g/mol. The third-order valence-electron chi connectivity index (χ3n) is 3.81. The minimum Gasteiger partial charge on any atom is -0.396 e. The number of fused-ring (bicyclic) bond motifs is 1. The van der Waals surface area contributed by atoms with E-state index in [4.69, 9.17) is 5.11 Å². The minimum absolute atomic E-state index is 0.0429. The molecule has 3 rings (SSSR count). The van der Waals surface area contributed by atoms with Crippen LogP contribution in [-0.2, 0) is 11.8 Å². The number of imidazole rings is 1. The first-order valence-corrected chi connectivity index (χ1v) is 9.87. The molecule has 146 valence electrons. The zero-order valence-corrected chi connectivity index (χ0v) is 16.5. The first-order valence-electron chi connectivity index (χ1n) is 8.06. The Labute approximate surface area is 161 Å². The number of thioether (sulfide) groups is 1. The number of rotatable bonds is 5. The molecule has 0 aliphatic carbocycles. The van der Waals surface area contributed by atoms with E-state index in [1.165, 1.54) is 23.5 Å². The Hall–Kier alpha value is -1.62. The molecule has 1 aromatic carbocycles. The Balaban J connectivity index is 2.15. The summed E-state index contributed by atoms with van der Waals surface area (Å²) in [5.74, 6) is 0.160. The highest BCUT2D eigenvalue weighted by molar-refractivity contribution is 7.99. The van der Waals surface area contributed by atoms with E-state index in [0.717, 1.165) is 17.8 Å². The van der Waals surface area contributed by atoms with Crippen molar-refractivity contribution in [2.75, 3.05) is 12.4 Å². The predicted octanol–water partition coefficient (Wildman–Crippen LogP) is 4.10. The highest BCUT2D eigenvalue weighted by Crippen LogP contribution is 2.40. The lowest BCUT2D eigenvalue weighted by Crippen LogP contribution is -2.15. The summed E-state index contributed by atoms with van der Waals surface area (Å²) >= 11 is 2.18. The van der Waals surface area contributed by atoms with Crippen molar-refractivity contribution < 1.29 is 23.4 Å². The molecule has 5 nitrogen and oxygen atoms in total. The molecule has 2 aromatic heterocycles. The number of aryl methyl sites for hydroxylation is 1. The standard InChI is InChI=1S/C17H18F3N3O2S2/c1-9-13(23-15(21-9)27-14(22-23)16(2,3)25)10-4-5-11(17(18,19)20)12(8-10)26-7-6-24/h4-5,8,24-25H,6-7H2,1-3H3. The molecule has 0 bridgehead atoms. The van der Waals surface area contributed by atoms with Gasteiger partial charge in [-0.25, -0.2) is 9.50 Å². The molecule has 2 heterocycles. The molecule has 0 amide bonds. The van der Waals surface area contributed by atoms with Crippen LogP contribution in [0.3, 0.4) is 0 Å². The van der Waals surface area contributed by atoms with Crippen molar-refractivity contribution >= 4 is 28.1 Å². The van der Waals surface area contributed by atoms with Crippen molar-refractivity contribution in [1.82, 2.24) is 14.6 Å². The van der Waals surface area contributed by atoms with Gasteiger partial charge in [0.25, 0.3) is 0 Å². The quantitative estimate of drug-likeness (QED) is 0.612. The van der Waals surface area contributed by atoms with E-state index in [9.17, 15) is 18.3 Å². The fourth-order valence-corrected chi connectivity index (χ4v) is 4.41. The topological polar surface area (TPSA) is 70.7 Å². The Kier molecular flexibility index (Phi) is 5.28. The normalized spacial score (nSPS) is 12.9.